The number of ether oxygens (including phenoxy) is 1. The summed E-state index contributed by atoms with van der Waals surface area (Å²) >= 11 is 0. The number of rotatable bonds is 8. The van der Waals surface area contributed by atoms with Crippen molar-refractivity contribution in [3.8, 4) is 5.75 Å². The predicted octanol–water partition coefficient (Wildman–Crippen LogP) is 4.14. The molecular formula is C26H26N6O3. The molecule has 0 aliphatic carbocycles. The van der Waals surface area contributed by atoms with Crippen molar-refractivity contribution in [3.63, 3.8) is 0 Å². The molecule has 0 atom stereocenters. The topological polar surface area (TPSA) is 105 Å². The van der Waals surface area contributed by atoms with Gasteiger partial charge in [-0.15, -0.1) is 0 Å². The fourth-order valence-corrected chi connectivity index (χ4v) is 4.16. The predicted molar refractivity (Wildman–Crippen MR) is 136 cm³/mol. The lowest BCUT2D eigenvalue weighted by Gasteiger charge is -2.29. The summed E-state index contributed by atoms with van der Waals surface area (Å²) in [7, 11) is 0. The SMILES string of the molecule is O=[N+]([O-])c1cc2c(NCc3ccc(OCc4ccccc4)cc3)ncnc2cc1N1CCNCC1. The second-order valence-corrected chi connectivity index (χ2v) is 8.35. The van der Waals surface area contributed by atoms with Gasteiger partial charge in [0.25, 0.3) is 5.69 Å². The molecule has 1 aromatic heterocycles. The minimum atomic E-state index is -0.332. The number of piperazine rings is 1. The minimum Gasteiger partial charge on any atom is -0.489 e. The number of nitrogens with zero attached hydrogens (tertiary/aromatic N) is 4. The van der Waals surface area contributed by atoms with Crippen LogP contribution in [0.2, 0.25) is 0 Å². The number of aromatic nitrogens is 2. The maximum Gasteiger partial charge on any atom is 0.293 e. The quantitative estimate of drug-likeness (QED) is 0.292. The molecule has 4 aromatic rings. The van der Waals surface area contributed by atoms with Crippen LogP contribution >= 0.6 is 0 Å². The summed E-state index contributed by atoms with van der Waals surface area (Å²) in [6.45, 7) is 4.05. The molecule has 9 nitrogen and oxygen atoms in total. The van der Waals surface area contributed by atoms with Gasteiger partial charge in [-0.3, -0.25) is 10.1 Å². The van der Waals surface area contributed by atoms with Gasteiger partial charge in [-0.2, -0.15) is 0 Å². The molecule has 178 valence electrons. The van der Waals surface area contributed by atoms with Crippen molar-refractivity contribution < 1.29 is 9.66 Å². The smallest absolute Gasteiger partial charge is 0.293 e. The Morgan fingerprint density at radius 3 is 2.51 bits per heavy atom. The summed E-state index contributed by atoms with van der Waals surface area (Å²) in [5.41, 5.74) is 3.49. The van der Waals surface area contributed by atoms with Crippen LogP contribution < -0.4 is 20.3 Å². The van der Waals surface area contributed by atoms with Crippen molar-refractivity contribution in [2.45, 2.75) is 13.2 Å². The van der Waals surface area contributed by atoms with Gasteiger partial charge in [-0.1, -0.05) is 42.5 Å². The van der Waals surface area contributed by atoms with Crippen molar-refractivity contribution in [3.05, 3.63) is 94.3 Å². The Bertz CT molecular complexity index is 1310. The summed E-state index contributed by atoms with van der Waals surface area (Å²) in [4.78, 5) is 22.3. The van der Waals surface area contributed by atoms with Crippen molar-refractivity contribution in [2.24, 2.45) is 0 Å². The van der Waals surface area contributed by atoms with Crippen LogP contribution in [0.25, 0.3) is 10.9 Å². The molecule has 0 saturated carbocycles. The van der Waals surface area contributed by atoms with Crippen LogP contribution in [-0.2, 0) is 13.2 Å². The Hall–Kier alpha value is -4.24. The van der Waals surface area contributed by atoms with Gasteiger partial charge in [-0.05, 0) is 29.3 Å². The van der Waals surface area contributed by atoms with E-state index in [0.29, 0.717) is 48.6 Å². The third-order valence-electron chi connectivity index (χ3n) is 6.02. The summed E-state index contributed by atoms with van der Waals surface area (Å²) < 4.78 is 5.85. The molecule has 0 amide bonds. The summed E-state index contributed by atoms with van der Waals surface area (Å²) in [5, 5.41) is 19.1. The maximum absolute atomic E-state index is 11.9. The summed E-state index contributed by atoms with van der Waals surface area (Å²) in [5.74, 6) is 1.36. The van der Waals surface area contributed by atoms with Crippen LogP contribution in [0.4, 0.5) is 17.2 Å². The lowest BCUT2D eigenvalue weighted by atomic mass is 10.1. The highest BCUT2D eigenvalue weighted by Gasteiger charge is 2.23. The van der Waals surface area contributed by atoms with Crippen molar-refractivity contribution in [1.82, 2.24) is 15.3 Å². The Kier molecular flexibility index (Phi) is 6.67. The number of hydrogen-bond donors (Lipinski definition) is 2. The first-order valence-corrected chi connectivity index (χ1v) is 11.6. The Labute approximate surface area is 202 Å². The highest BCUT2D eigenvalue weighted by molar-refractivity contribution is 5.94. The van der Waals surface area contributed by atoms with Crippen molar-refractivity contribution >= 4 is 28.1 Å². The molecule has 2 heterocycles. The van der Waals surface area contributed by atoms with E-state index in [1.54, 1.807) is 12.1 Å². The minimum absolute atomic E-state index is 0.0668. The van der Waals surface area contributed by atoms with Gasteiger partial charge in [0.2, 0.25) is 0 Å². The Balaban J connectivity index is 1.31. The first-order valence-electron chi connectivity index (χ1n) is 11.6. The van der Waals surface area contributed by atoms with Crippen LogP contribution in [0.5, 0.6) is 5.75 Å². The molecule has 2 N–H and O–H groups in total. The molecule has 0 unspecified atom stereocenters. The van der Waals surface area contributed by atoms with Gasteiger partial charge in [0, 0.05) is 44.2 Å². The zero-order valence-corrected chi connectivity index (χ0v) is 19.2. The van der Waals surface area contributed by atoms with E-state index in [4.69, 9.17) is 4.74 Å². The zero-order valence-electron chi connectivity index (χ0n) is 19.2. The van der Waals surface area contributed by atoms with E-state index in [0.717, 1.165) is 30.0 Å². The molecule has 3 aromatic carbocycles. The second kappa shape index (κ2) is 10.4. The first kappa shape index (κ1) is 22.5. The van der Waals surface area contributed by atoms with E-state index >= 15 is 0 Å². The molecule has 5 rings (SSSR count). The van der Waals surface area contributed by atoms with Gasteiger partial charge in [0.1, 0.15) is 30.2 Å². The van der Waals surface area contributed by atoms with E-state index in [2.05, 4.69) is 20.6 Å². The first-order chi connectivity index (χ1) is 17.2. The number of nitro benzene ring substituents is 1. The molecule has 0 bridgehead atoms. The second-order valence-electron chi connectivity index (χ2n) is 8.35. The van der Waals surface area contributed by atoms with Gasteiger partial charge < -0.3 is 20.3 Å². The summed E-state index contributed by atoms with van der Waals surface area (Å²) in [6.07, 6.45) is 1.48. The lowest BCUT2D eigenvalue weighted by molar-refractivity contribution is -0.384. The van der Waals surface area contributed by atoms with E-state index in [1.165, 1.54) is 6.33 Å². The summed E-state index contributed by atoms with van der Waals surface area (Å²) in [6, 6.07) is 21.2. The van der Waals surface area contributed by atoms with E-state index in [1.807, 2.05) is 59.5 Å². The number of nitrogens with one attached hydrogen (secondary N) is 2. The average molecular weight is 471 g/mol. The van der Waals surface area contributed by atoms with Crippen LogP contribution in [0.15, 0.2) is 73.1 Å². The third-order valence-corrected chi connectivity index (χ3v) is 6.02. The van der Waals surface area contributed by atoms with Gasteiger partial charge >= 0.3 is 0 Å². The van der Waals surface area contributed by atoms with E-state index in [-0.39, 0.29) is 10.6 Å². The average Bonchev–Trinajstić information content (AvgIpc) is 2.91. The normalized spacial score (nSPS) is 13.5. The third kappa shape index (κ3) is 5.30. The molecule has 1 fully saturated rings. The number of nitro groups is 1. The van der Waals surface area contributed by atoms with Crippen molar-refractivity contribution in [2.75, 3.05) is 36.4 Å². The van der Waals surface area contributed by atoms with E-state index in [9.17, 15) is 10.1 Å². The number of anilines is 2. The van der Waals surface area contributed by atoms with E-state index < -0.39 is 0 Å². The highest BCUT2D eigenvalue weighted by atomic mass is 16.6. The largest absolute Gasteiger partial charge is 0.489 e. The zero-order chi connectivity index (χ0) is 24.0. The molecule has 35 heavy (non-hydrogen) atoms. The Morgan fingerprint density at radius 1 is 1.00 bits per heavy atom. The van der Waals surface area contributed by atoms with Gasteiger partial charge in [-0.25, -0.2) is 9.97 Å². The fourth-order valence-electron chi connectivity index (χ4n) is 4.16. The van der Waals surface area contributed by atoms with Crippen molar-refractivity contribution in [1.29, 1.82) is 0 Å². The Morgan fingerprint density at radius 2 is 1.77 bits per heavy atom. The van der Waals surface area contributed by atoms with Crippen LogP contribution in [0.1, 0.15) is 11.1 Å². The molecule has 1 saturated heterocycles. The highest BCUT2D eigenvalue weighted by Crippen LogP contribution is 2.34. The molecule has 1 aliphatic heterocycles. The van der Waals surface area contributed by atoms with Crippen LogP contribution in [-0.4, -0.2) is 41.1 Å². The fraction of sp³-hybridized carbons (Fsp3) is 0.231. The molecule has 1 aliphatic rings. The molecule has 0 radical (unpaired) electrons. The monoisotopic (exact) mass is 470 g/mol. The molecular weight excluding hydrogens is 444 g/mol. The number of fused-ring (bicyclic) bond motifs is 1. The van der Waals surface area contributed by atoms with Gasteiger partial charge in [0.15, 0.2) is 0 Å². The number of hydrogen-bond acceptors (Lipinski definition) is 8. The number of benzene rings is 3. The van der Waals surface area contributed by atoms with Crippen LogP contribution in [0.3, 0.4) is 0 Å². The van der Waals surface area contributed by atoms with Gasteiger partial charge in [0.05, 0.1) is 10.4 Å². The van der Waals surface area contributed by atoms with Crippen LogP contribution in [0, 0.1) is 10.1 Å². The maximum atomic E-state index is 11.9. The molecule has 0 spiro atoms. The molecule has 9 heteroatoms. The lowest BCUT2D eigenvalue weighted by Crippen LogP contribution is -2.43. The standard InChI is InChI=1S/C26H26N6O3/c33-32(34)25-14-22-23(15-24(25)31-12-10-27-11-13-31)29-18-30-26(22)28-16-19-6-8-21(9-7-19)35-17-20-4-2-1-3-5-20/h1-9,14-15,18,27H,10-13,16-17H2,(H,28,29,30).